The van der Waals surface area contributed by atoms with Gasteiger partial charge in [0.05, 0.1) is 5.25 Å². The summed E-state index contributed by atoms with van der Waals surface area (Å²) in [5, 5.41) is 11.8. The van der Waals surface area contributed by atoms with Gasteiger partial charge in [0.1, 0.15) is 0 Å². The summed E-state index contributed by atoms with van der Waals surface area (Å²) in [6.45, 7) is 4.50. The van der Waals surface area contributed by atoms with Crippen LogP contribution in [0.25, 0.3) is 0 Å². The van der Waals surface area contributed by atoms with E-state index in [0.29, 0.717) is 21.5 Å². The first-order valence-corrected chi connectivity index (χ1v) is 23.2. The quantitative estimate of drug-likeness (QED) is 0.0271. The Bertz CT molecular complexity index is 1160. The molecule has 0 radical (unpaired) electrons. The maximum Gasteiger partial charge on any atom is 0.240 e. The fourth-order valence-electron chi connectivity index (χ4n) is 5.99. The lowest BCUT2D eigenvalue weighted by atomic mass is 10.1. The molecule has 1 heterocycles. The normalized spacial score (nSPS) is 12.1. The van der Waals surface area contributed by atoms with E-state index in [0.717, 1.165) is 76.0 Å². The molecule has 0 saturated carbocycles. The van der Waals surface area contributed by atoms with Crippen LogP contribution in [-0.4, -0.2) is 39.1 Å². The molecular weight excluding hydrogens is 721 g/mol. The third kappa shape index (κ3) is 31.0. The molecule has 8 nitrogen and oxygen atoms in total. The molecule has 0 aliphatic rings. The van der Waals surface area contributed by atoms with Gasteiger partial charge in [-0.05, 0) is 64.2 Å². The van der Waals surface area contributed by atoms with Gasteiger partial charge in [0.25, 0.3) is 0 Å². The molecular formula is C42H72N4O4S3. The first kappa shape index (κ1) is 49.0. The van der Waals surface area contributed by atoms with Gasteiger partial charge >= 0.3 is 0 Å². The molecule has 0 spiro atoms. The minimum absolute atomic E-state index is 0.252. The first-order chi connectivity index (χ1) is 25.8. The molecule has 53 heavy (non-hydrogen) atoms. The van der Waals surface area contributed by atoms with Crippen molar-refractivity contribution in [2.45, 2.75) is 214 Å². The Labute approximate surface area is 336 Å². The number of amides is 4. The topological polar surface area (TPSA) is 118 Å². The highest BCUT2D eigenvalue weighted by molar-refractivity contribution is 8.02. The number of carbonyl (C=O) groups is 4. The number of hydrogen-bond acceptors (Lipinski definition) is 9. The molecule has 1 rings (SSSR count). The van der Waals surface area contributed by atoms with Crippen LogP contribution in [0, 0.1) is 0 Å². The van der Waals surface area contributed by atoms with E-state index in [2.05, 4.69) is 71.6 Å². The van der Waals surface area contributed by atoms with Crippen molar-refractivity contribution in [1.82, 2.24) is 20.8 Å². The molecule has 0 aliphatic carbocycles. The van der Waals surface area contributed by atoms with Gasteiger partial charge in [-0.25, -0.2) is 0 Å². The van der Waals surface area contributed by atoms with Crippen molar-refractivity contribution >= 4 is 59.4 Å². The van der Waals surface area contributed by atoms with E-state index in [4.69, 9.17) is 0 Å². The SMILES string of the molecule is CCCCCCCCC=CCCCCCCCC(=O)NC(=O)CC(Sc1nnc(S)s1)C(=O)NC(=O)CCCCCCCC=CCCCCCCCC. The van der Waals surface area contributed by atoms with Crippen LogP contribution in [0.4, 0.5) is 0 Å². The molecule has 302 valence electrons. The van der Waals surface area contributed by atoms with Crippen molar-refractivity contribution in [3.63, 3.8) is 0 Å². The lowest BCUT2D eigenvalue weighted by Gasteiger charge is -2.14. The summed E-state index contributed by atoms with van der Waals surface area (Å²) in [4.78, 5) is 50.9. The van der Waals surface area contributed by atoms with E-state index in [-0.39, 0.29) is 31.1 Å². The Balaban J connectivity index is 2.24. The van der Waals surface area contributed by atoms with Crippen LogP contribution in [0.1, 0.15) is 200 Å². The minimum atomic E-state index is -0.929. The Hall–Kier alpha value is -1.98. The highest BCUT2D eigenvalue weighted by Crippen LogP contribution is 2.30. The first-order valence-electron chi connectivity index (χ1n) is 21.0. The fourth-order valence-corrected chi connectivity index (χ4v) is 8.31. The molecule has 0 saturated heterocycles. The summed E-state index contributed by atoms with van der Waals surface area (Å²) >= 11 is 6.43. The van der Waals surface area contributed by atoms with Crippen molar-refractivity contribution in [3.05, 3.63) is 24.3 Å². The molecule has 2 N–H and O–H groups in total. The largest absolute Gasteiger partial charge is 0.296 e. The van der Waals surface area contributed by atoms with Crippen molar-refractivity contribution in [2.24, 2.45) is 0 Å². The molecule has 1 atom stereocenters. The Morgan fingerprint density at radius 2 is 0.962 bits per heavy atom. The van der Waals surface area contributed by atoms with E-state index in [1.54, 1.807) is 0 Å². The number of nitrogens with zero attached hydrogens (tertiary/aromatic N) is 2. The molecule has 0 bridgehead atoms. The molecule has 0 aliphatic heterocycles. The van der Waals surface area contributed by atoms with Crippen LogP contribution in [0.15, 0.2) is 33.0 Å². The monoisotopic (exact) mass is 792 g/mol. The van der Waals surface area contributed by atoms with Gasteiger partial charge in [0.2, 0.25) is 23.6 Å². The average molecular weight is 793 g/mol. The predicted molar refractivity (Wildman–Crippen MR) is 227 cm³/mol. The lowest BCUT2D eigenvalue weighted by Crippen LogP contribution is -2.40. The number of thiol groups is 1. The lowest BCUT2D eigenvalue weighted by molar-refractivity contribution is -0.134. The number of nitrogens with one attached hydrogen (secondary N) is 2. The number of thioether (sulfide) groups is 1. The number of aromatic nitrogens is 2. The second kappa shape index (κ2) is 35.7. The van der Waals surface area contributed by atoms with Crippen molar-refractivity contribution < 1.29 is 19.2 Å². The number of imide groups is 2. The number of unbranched alkanes of at least 4 members (excludes halogenated alkanes) is 22. The van der Waals surface area contributed by atoms with Crippen molar-refractivity contribution in [1.29, 1.82) is 0 Å². The van der Waals surface area contributed by atoms with Crippen LogP contribution in [-0.2, 0) is 19.2 Å². The van der Waals surface area contributed by atoms with E-state index in [1.807, 2.05) is 0 Å². The smallest absolute Gasteiger partial charge is 0.240 e. The van der Waals surface area contributed by atoms with E-state index < -0.39 is 17.1 Å². The Kier molecular flexibility index (Phi) is 33.0. The zero-order valence-corrected chi connectivity index (χ0v) is 35.7. The van der Waals surface area contributed by atoms with Crippen molar-refractivity contribution in [2.75, 3.05) is 0 Å². The summed E-state index contributed by atoms with van der Waals surface area (Å²) in [7, 11) is 0. The molecule has 11 heteroatoms. The number of allylic oxidation sites excluding steroid dienone is 4. The van der Waals surface area contributed by atoms with Gasteiger partial charge in [-0.15, -0.1) is 22.8 Å². The molecule has 0 fully saturated rings. The van der Waals surface area contributed by atoms with Gasteiger partial charge < -0.3 is 0 Å². The summed E-state index contributed by atoms with van der Waals surface area (Å²) < 4.78 is 0.902. The summed E-state index contributed by atoms with van der Waals surface area (Å²) in [5.41, 5.74) is 0. The summed E-state index contributed by atoms with van der Waals surface area (Å²) in [6.07, 6.45) is 40.0. The number of rotatable bonds is 35. The zero-order chi connectivity index (χ0) is 38.6. The summed E-state index contributed by atoms with van der Waals surface area (Å²) in [5.74, 6) is -1.81. The number of carbonyl (C=O) groups excluding carboxylic acids is 4. The van der Waals surface area contributed by atoms with E-state index in [9.17, 15) is 19.2 Å². The standard InChI is InChI=1S/C42H72N4O4S3/c1-3-5-7-9-11-13-15-17-19-21-23-25-27-29-31-33-37(47)43-39(49)35-36(52-42-46-45-41(51)53-42)40(50)44-38(48)34-32-30-28-26-24-22-20-18-16-14-12-10-8-6-4-2/h17-20,36H,3-16,21-35H2,1-2H3,(H,45,51)(H,43,47,49)(H,44,48,50). The van der Waals surface area contributed by atoms with Gasteiger partial charge in [-0.1, -0.05) is 164 Å². The van der Waals surface area contributed by atoms with Crippen LogP contribution in [0.3, 0.4) is 0 Å². The van der Waals surface area contributed by atoms with Crippen LogP contribution in [0.5, 0.6) is 0 Å². The molecule has 0 aromatic carbocycles. The van der Waals surface area contributed by atoms with Crippen LogP contribution >= 0.6 is 35.7 Å². The second-order valence-corrected chi connectivity index (χ2v) is 17.4. The average Bonchev–Trinajstić information content (AvgIpc) is 3.55. The zero-order valence-electron chi connectivity index (χ0n) is 33.2. The maximum atomic E-state index is 13.1. The third-order valence-corrected chi connectivity index (χ3v) is 11.5. The van der Waals surface area contributed by atoms with Gasteiger partial charge in [0, 0.05) is 19.3 Å². The summed E-state index contributed by atoms with van der Waals surface area (Å²) in [6, 6.07) is 0. The predicted octanol–water partition coefficient (Wildman–Crippen LogP) is 12.0. The Morgan fingerprint density at radius 3 is 1.38 bits per heavy atom. The van der Waals surface area contributed by atoms with Crippen LogP contribution in [0.2, 0.25) is 0 Å². The third-order valence-electron chi connectivity index (χ3n) is 9.17. The van der Waals surface area contributed by atoms with Gasteiger partial charge in [0.15, 0.2) is 8.68 Å². The molecule has 1 aromatic heterocycles. The fraction of sp³-hybridized carbons (Fsp3) is 0.762. The van der Waals surface area contributed by atoms with Crippen molar-refractivity contribution in [3.8, 4) is 0 Å². The second-order valence-electron chi connectivity index (χ2n) is 14.2. The van der Waals surface area contributed by atoms with Gasteiger partial charge in [-0.3, -0.25) is 29.8 Å². The van der Waals surface area contributed by atoms with E-state index >= 15 is 0 Å². The molecule has 4 amide bonds. The molecule has 1 unspecified atom stereocenters. The Morgan fingerprint density at radius 1 is 0.566 bits per heavy atom. The van der Waals surface area contributed by atoms with E-state index in [1.165, 1.54) is 101 Å². The maximum absolute atomic E-state index is 13.1. The number of hydrogen-bond donors (Lipinski definition) is 3. The molecule has 1 aromatic rings. The minimum Gasteiger partial charge on any atom is -0.296 e. The highest BCUT2D eigenvalue weighted by atomic mass is 32.2. The highest BCUT2D eigenvalue weighted by Gasteiger charge is 2.27. The van der Waals surface area contributed by atoms with Gasteiger partial charge in [-0.2, -0.15) is 0 Å². The van der Waals surface area contributed by atoms with Crippen LogP contribution < -0.4 is 10.6 Å².